The molecule has 1 fully saturated rings. The number of sulfonamides is 1. The maximum atomic E-state index is 13.8. The lowest BCUT2D eigenvalue weighted by Gasteiger charge is -2.35. The third-order valence-corrected chi connectivity index (χ3v) is 5.35. The summed E-state index contributed by atoms with van der Waals surface area (Å²) in [6.45, 7) is 4.07. The average molecular weight is 316 g/mol. The number of benzene rings is 1. The zero-order valence-electron chi connectivity index (χ0n) is 12.2. The van der Waals surface area contributed by atoms with Crippen LogP contribution in [0.3, 0.4) is 0 Å². The molecule has 0 aromatic heterocycles. The minimum atomic E-state index is -3.75. The van der Waals surface area contributed by atoms with Crippen LogP contribution in [0.15, 0.2) is 17.0 Å². The maximum absolute atomic E-state index is 13.8. The lowest BCUT2D eigenvalue weighted by molar-refractivity contribution is -0.00476. The van der Waals surface area contributed by atoms with Crippen LogP contribution in [0.2, 0.25) is 0 Å². The molecule has 0 radical (unpaired) electrons. The Morgan fingerprint density at radius 1 is 1.43 bits per heavy atom. The van der Waals surface area contributed by atoms with Crippen molar-refractivity contribution in [3.05, 3.63) is 29.1 Å². The number of nitrogens with two attached hydrogens (primary N) is 1. The van der Waals surface area contributed by atoms with Crippen molar-refractivity contribution < 1.29 is 17.5 Å². The van der Waals surface area contributed by atoms with E-state index in [4.69, 9.17) is 10.5 Å². The molecule has 0 heterocycles. The van der Waals surface area contributed by atoms with Gasteiger partial charge in [-0.1, -0.05) is 0 Å². The van der Waals surface area contributed by atoms with Gasteiger partial charge in [0.05, 0.1) is 11.0 Å². The number of ether oxygens (including phenoxy) is 1. The van der Waals surface area contributed by atoms with Crippen molar-refractivity contribution in [2.75, 3.05) is 6.61 Å². The van der Waals surface area contributed by atoms with Crippen LogP contribution in [-0.2, 0) is 21.3 Å². The van der Waals surface area contributed by atoms with Gasteiger partial charge < -0.3 is 10.5 Å². The average Bonchev–Trinajstić information content (AvgIpc) is 2.39. The van der Waals surface area contributed by atoms with Gasteiger partial charge in [-0.3, -0.25) is 0 Å². The fourth-order valence-electron chi connectivity index (χ4n) is 2.42. The van der Waals surface area contributed by atoms with E-state index >= 15 is 0 Å². The highest BCUT2D eigenvalue weighted by atomic mass is 32.2. The van der Waals surface area contributed by atoms with E-state index in [9.17, 15) is 12.8 Å². The Balaban J connectivity index is 2.15. The molecule has 1 aromatic rings. The van der Waals surface area contributed by atoms with E-state index in [1.54, 1.807) is 0 Å². The highest BCUT2D eigenvalue weighted by Gasteiger charge is 2.33. The topological polar surface area (TPSA) is 81.4 Å². The van der Waals surface area contributed by atoms with Crippen LogP contribution >= 0.6 is 0 Å². The van der Waals surface area contributed by atoms with Gasteiger partial charge in [-0.05, 0) is 44.4 Å². The Morgan fingerprint density at radius 3 is 2.67 bits per heavy atom. The predicted octanol–water partition coefficient (Wildman–Crippen LogP) is 1.44. The van der Waals surface area contributed by atoms with Gasteiger partial charge in [-0.15, -0.1) is 0 Å². The molecule has 0 spiro atoms. The van der Waals surface area contributed by atoms with Crippen molar-refractivity contribution in [2.45, 2.75) is 50.3 Å². The fraction of sp³-hybridized carbons (Fsp3) is 0.571. The predicted molar refractivity (Wildman–Crippen MR) is 77.8 cm³/mol. The number of hydrogen-bond donors (Lipinski definition) is 2. The first kappa shape index (κ1) is 16.4. The maximum Gasteiger partial charge on any atom is 0.241 e. The van der Waals surface area contributed by atoms with E-state index in [-0.39, 0.29) is 29.1 Å². The molecule has 0 atom stereocenters. The summed E-state index contributed by atoms with van der Waals surface area (Å²) in [7, 11) is -3.75. The summed E-state index contributed by atoms with van der Waals surface area (Å²) in [6, 6.07) is 2.54. The van der Waals surface area contributed by atoms with Crippen LogP contribution in [0.25, 0.3) is 0 Å². The first-order valence-electron chi connectivity index (χ1n) is 7.00. The van der Waals surface area contributed by atoms with Gasteiger partial charge in [0.2, 0.25) is 10.0 Å². The zero-order chi connectivity index (χ0) is 15.6. The normalized spacial score (nSPS) is 22.1. The van der Waals surface area contributed by atoms with Gasteiger partial charge in [0.1, 0.15) is 5.82 Å². The Morgan fingerprint density at radius 2 is 2.10 bits per heavy atom. The Hall–Kier alpha value is -1.02. The van der Waals surface area contributed by atoms with Gasteiger partial charge in [-0.25, -0.2) is 17.5 Å². The van der Waals surface area contributed by atoms with Crippen LogP contribution in [0.1, 0.15) is 30.9 Å². The van der Waals surface area contributed by atoms with E-state index in [0.717, 1.165) is 0 Å². The van der Waals surface area contributed by atoms with E-state index in [1.807, 2.05) is 6.92 Å². The molecule has 118 valence electrons. The summed E-state index contributed by atoms with van der Waals surface area (Å²) < 4.78 is 46.5. The molecule has 7 heteroatoms. The molecular formula is C14H21FN2O3S. The molecule has 1 saturated carbocycles. The molecule has 5 nitrogen and oxygen atoms in total. The molecule has 1 aliphatic rings. The fourth-order valence-corrected chi connectivity index (χ4v) is 3.99. The first-order chi connectivity index (χ1) is 9.87. The minimum absolute atomic E-state index is 0.0391. The number of halogens is 1. The van der Waals surface area contributed by atoms with Crippen molar-refractivity contribution in [3.8, 4) is 0 Å². The van der Waals surface area contributed by atoms with E-state index in [2.05, 4.69) is 4.72 Å². The highest BCUT2D eigenvalue weighted by Crippen LogP contribution is 2.27. The zero-order valence-corrected chi connectivity index (χ0v) is 13.0. The lowest BCUT2D eigenvalue weighted by Crippen LogP contribution is -2.47. The molecule has 0 aliphatic heterocycles. The summed E-state index contributed by atoms with van der Waals surface area (Å²) >= 11 is 0. The lowest BCUT2D eigenvalue weighted by atomic mass is 9.90. The SMILES string of the molecule is CCOC1CC(NS(=O)(=O)c2cc(CN)cc(F)c2C)C1. The monoisotopic (exact) mass is 316 g/mol. The molecule has 0 amide bonds. The molecule has 1 aliphatic carbocycles. The third kappa shape index (κ3) is 3.60. The molecule has 3 N–H and O–H groups in total. The smallest absolute Gasteiger partial charge is 0.241 e. The summed E-state index contributed by atoms with van der Waals surface area (Å²) in [5.41, 5.74) is 6.04. The quantitative estimate of drug-likeness (QED) is 0.832. The van der Waals surface area contributed by atoms with Gasteiger partial charge in [0, 0.05) is 24.8 Å². The van der Waals surface area contributed by atoms with E-state index in [1.165, 1.54) is 19.1 Å². The largest absolute Gasteiger partial charge is 0.378 e. The second kappa shape index (κ2) is 6.39. The second-order valence-electron chi connectivity index (χ2n) is 5.27. The van der Waals surface area contributed by atoms with Crippen LogP contribution in [-0.4, -0.2) is 27.2 Å². The van der Waals surface area contributed by atoms with Crippen LogP contribution in [0.4, 0.5) is 4.39 Å². The molecule has 0 unspecified atom stereocenters. The summed E-state index contributed by atoms with van der Waals surface area (Å²) in [4.78, 5) is -0.0391. The molecular weight excluding hydrogens is 295 g/mol. The van der Waals surface area contributed by atoms with Crippen molar-refractivity contribution >= 4 is 10.0 Å². The second-order valence-corrected chi connectivity index (χ2v) is 6.95. The minimum Gasteiger partial charge on any atom is -0.378 e. The Bertz CT molecular complexity index is 613. The Kier molecular flexibility index (Phi) is 4.98. The van der Waals surface area contributed by atoms with Crippen LogP contribution in [0, 0.1) is 12.7 Å². The van der Waals surface area contributed by atoms with E-state index < -0.39 is 15.8 Å². The van der Waals surface area contributed by atoms with Crippen molar-refractivity contribution in [1.29, 1.82) is 0 Å². The van der Waals surface area contributed by atoms with Crippen molar-refractivity contribution in [1.82, 2.24) is 4.72 Å². The highest BCUT2D eigenvalue weighted by molar-refractivity contribution is 7.89. The van der Waals surface area contributed by atoms with Gasteiger partial charge in [-0.2, -0.15) is 0 Å². The van der Waals surface area contributed by atoms with Crippen LogP contribution in [0.5, 0.6) is 0 Å². The summed E-state index contributed by atoms with van der Waals surface area (Å²) in [5.74, 6) is -0.556. The Labute approximate surface area is 124 Å². The number of nitrogens with one attached hydrogen (secondary N) is 1. The molecule has 21 heavy (non-hydrogen) atoms. The van der Waals surface area contributed by atoms with Gasteiger partial charge in [0.25, 0.3) is 0 Å². The van der Waals surface area contributed by atoms with Gasteiger partial charge in [0.15, 0.2) is 0 Å². The molecule has 0 saturated heterocycles. The summed E-state index contributed by atoms with van der Waals surface area (Å²) in [5, 5.41) is 0. The van der Waals surface area contributed by atoms with Crippen LogP contribution < -0.4 is 10.5 Å². The number of rotatable bonds is 6. The standard InChI is InChI=1S/C14H21FN2O3S/c1-3-20-12-6-11(7-12)17-21(18,19)14-5-10(8-16)4-13(15)9(14)2/h4-5,11-12,17H,3,6-8,16H2,1-2H3. The molecule has 1 aromatic carbocycles. The molecule has 2 rings (SSSR count). The third-order valence-electron chi connectivity index (χ3n) is 3.70. The van der Waals surface area contributed by atoms with Crippen molar-refractivity contribution in [3.63, 3.8) is 0 Å². The number of hydrogen-bond acceptors (Lipinski definition) is 4. The van der Waals surface area contributed by atoms with E-state index in [0.29, 0.717) is 25.0 Å². The summed E-state index contributed by atoms with van der Waals surface area (Å²) in [6.07, 6.45) is 1.40. The van der Waals surface area contributed by atoms with Gasteiger partial charge >= 0.3 is 0 Å². The van der Waals surface area contributed by atoms with Crippen molar-refractivity contribution in [2.24, 2.45) is 5.73 Å². The first-order valence-corrected chi connectivity index (χ1v) is 8.48. The molecule has 0 bridgehead atoms.